The molecule has 1 saturated heterocycles. The number of thiophene rings is 1. The van der Waals surface area contributed by atoms with Gasteiger partial charge in [-0.15, -0.1) is 11.3 Å². The van der Waals surface area contributed by atoms with Gasteiger partial charge in [0.25, 0.3) is 5.56 Å². The molecule has 2 aromatic heterocycles. The largest absolute Gasteiger partial charge is 0.423 e. The number of halogens is 3. The van der Waals surface area contributed by atoms with Crippen LogP contribution in [-0.2, 0) is 6.18 Å². The van der Waals surface area contributed by atoms with Crippen molar-refractivity contribution in [2.75, 3.05) is 49.6 Å². The number of anilines is 2. The summed E-state index contributed by atoms with van der Waals surface area (Å²) < 4.78 is 39.9. The summed E-state index contributed by atoms with van der Waals surface area (Å²) in [5.74, 6) is 0. The Kier molecular flexibility index (Phi) is 7.83. The fourth-order valence-corrected chi connectivity index (χ4v) is 4.34. The van der Waals surface area contributed by atoms with Crippen LogP contribution in [0.4, 0.5) is 28.7 Å². The Morgan fingerprint density at radius 2 is 2.09 bits per heavy atom. The molecule has 1 aliphatic rings. The molecule has 0 aliphatic carbocycles. The van der Waals surface area contributed by atoms with Gasteiger partial charge in [0.2, 0.25) is 0 Å². The molecule has 0 saturated carbocycles. The van der Waals surface area contributed by atoms with E-state index in [9.17, 15) is 22.8 Å². The van der Waals surface area contributed by atoms with Gasteiger partial charge < -0.3 is 20.0 Å². The van der Waals surface area contributed by atoms with Crippen molar-refractivity contribution in [1.82, 2.24) is 20.4 Å². The van der Waals surface area contributed by atoms with Crippen molar-refractivity contribution in [3.8, 4) is 6.07 Å². The Hall–Kier alpha value is -3.53. The number of nitrogens with zero attached hydrogens (tertiary/aromatic N) is 5. The van der Waals surface area contributed by atoms with Crippen LogP contribution in [0.2, 0.25) is 0 Å². The van der Waals surface area contributed by atoms with Gasteiger partial charge in [-0.3, -0.25) is 4.79 Å². The zero-order valence-corrected chi connectivity index (χ0v) is 19.4. The lowest BCUT2D eigenvalue weighted by Gasteiger charge is -2.35. The van der Waals surface area contributed by atoms with Crippen molar-refractivity contribution in [1.29, 1.82) is 5.26 Å². The summed E-state index contributed by atoms with van der Waals surface area (Å²) in [5.41, 5.74) is -2.93. The number of urea groups is 1. The maximum atomic E-state index is 13.3. The second-order valence-corrected chi connectivity index (χ2v) is 8.71. The molecule has 13 heteroatoms. The Morgan fingerprint density at radius 3 is 2.71 bits per heavy atom. The summed E-state index contributed by atoms with van der Waals surface area (Å²) in [7, 11) is 1.44. The smallest absolute Gasteiger partial charge is 0.366 e. The van der Waals surface area contributed by atoms with Crippen LogP contribution in [0.1, 0.15) is 17.4 Å². The molecule has 0 radical (unpaired) electrons. The van der Waals surface area contributed by atoms with Crippen molar-refractivity contribution in [3.05, 3.63) is 51.3 Å². The van der Waals surface area contributed by atoms with Crippen molar-refractivity contribution < 1.29 is 18.0 Å². The van der Waals surface area contributed by atoms with E-state index in [2.05, 4.69) is 21.4 Å². The summed E-state index contributed by atoms with van der Waals surface area (Å²) in [6.07, 6.45) is -0.558. The summed E-state index contributed by atoms with van der Waals surface area (Å²) in [4.78, 5) is 29.9. The number of alkyl halides is 3. The maximum absolute atomic E-state index is 13.3. The fourth-order valence-electron chi connectivity index (χ4n) is 3.49. The van der Waals surface area contributed by atoms with E-state index in [1.807, 2.05) is 11.2 Å². The monoisotopic (exact) mass is 495 g/mol. The molecule has 2 aromatic rings. The predicted octanol–water partition coefficient (Wildman–Crippen LogP) is 2.63. The molecule has 182 valence electrons. The highest BCUT2D eigenvalue weighted by atomic mass is 32.1. The van der Waals surface area contributed by atoms with Crippen molar-refractivity contribution in [3.63, 3.8) is 0 Å². The van der Waals surface area contributed by atoms with Crippen LogP contribution in [0.25, 0.3) is 0 Å². The number of aromatic nitrogens is 2. The van der Waals surface area contributed by atoms with E-state index in [4.69, 9.17) is 5.26 Å². The minimum absolute atomic E-state index is 0.202. The summed E-state index contributed by atoms with van der Waals surface area (Å²) in [6.45, 7) is 4.24. The minimum Gasteiger partial charge on any atom is -0.366 e. The molecular weight excluding hydrogens is 471 g/mol. The SMILES string of the molecule is C[C@@H](/C=C/CNC(=O)N1CCN(c2ccc(C#N)s2)CC1)N(C)c1cn[nH]c(=O)c1C(F)(F)F. The molecule has 9 nitrogen and oxygen atoms in total. The Morgan fingerprint density at radius 1 is 1.38 bits per heavy atom. The molecule has 3 rings (SSSR count). The fraction of sp³-hybridized carbons (Fsp3) is 0.429. The summed E-state index contributed by atoms with van der Waals surface area (Å²) >= 11 is 1.42. The third-order valence-corrected chi connectivity index (χ3v) is 6.53. The topological polar surface area (TPSA) is 108 Å². The number of nitriles is 1. The highest BCUT2D eigenvalue weighted by molar-refractivity contribution is 7.16. The molecule has 0 aromatic carbocycles. The van der Waals surface area contributed by atoms with Crippen molar-refractivity contribution in [2.45, 2.75) is 19.1 Å². The number of amides is 2. The first-order valence-corrected chi connectivity index (χ1v) is 11.3. The van der Waals surface area contributed by atoms with Crippen molar-refractivity contribution in [2.24, 2.45) is 0 Å². The quantitative estimate of drug-likeness (QED) is 0.597. The second-order valence-electron chi connectivity index (χ2n) is 7.65. The van der Waals surface area contributed by atoms with Gasteiger partial charge in [-0.1, -0.05) is 12.2 Å². The molecule has 1 aliphatic heterocycles. The third kappa shape index (κ3) is 5.88. The number of carbonyl (C=O) groups is 1. The minimum atomic E-state index is -4.82. The standard InChI is InChI=1S/C21H24F3N7O2S/c1-14(29(2)16-13-27-28-19(32)18(16)21(22,23)24)4-3-7-26-20(33)31-10-8-30(9-11-31)17-6-5-15(12-25)34-17/h3-6,13-14H,7-11H2,1-2H3,(H,26,33)(H,28,32)/b4-3+/t14-/m0/s1. The number of aromatic amines is 1. The Balaban J connectivity index is 1.49. The molecule has 1 fully saturated rings. The van der Waals surface area contributed by atoms with Gasteiger partial charge in [-0.05, 0) is 19.1 Å². The lowest BCUT2D eigenvalue weighted by Crippen LogP contribution is -2.51. The van der Waals surface area contributed by atoms with Gasteiger partial charge in [0.15, 0.2) is 0 Å². The molecule has 1 atom stereocenters. The van der Waals surface area contributed by atoms with Crippen LogP contribution >= 0.6 is 11.3 Å². The van der Waals surface area contributed by atoms with Gasteiger partial charge in [0.1, 0.15) is 16.5 Å². The summed E-state index contributed by atoms with van der Waals surface area (Å²) in [5, 5.41) is 18.0. The van der Waals surface area contributed by atoms with Crippen LogP contribution in [0, 0.1) is 11.3 Å². The molecule has 3 heterocycles. The van der Waals surface area contributed by atoms with E-state index < -0.39 is 23.3 Å². The molecule has 0 unspecified atom stereocenters. The number of piperazine rings is 1. The number of likely N-dealkylation sites (N-methyl/N-ethyl adjacent to an activating group) is 1. The van der Waals surface area contributed by atoms with E-state index in [0.717, 1.165) is 11.2 Å². The highest BCUT2D eigenvalue weighted by Gasteiger charge is 2.38. The number of nitrogens with one attached hydrogen (secondary N) is 2. The van der Waals surface area contributed by atoms with Crippen LogP contribution in [0.3, 0.4) is 0 Å². The number of carbonyl (C=O) groups excluding carboxylic acids is 1. The average molecular weight is 496 g/mol. The third-order valence-electron chi connectivity index (χ3n) is 5.48. The molecular formula is C21H24F3N7O2S. The van der Waals surface area contributed by atoms with Crippen LogP contribution in [0.15, 0.2) is 35.3 Å². The first-order chi connectivity index (χ1) is 16.1. The van der Waals surface area contributed by atoms with Gasteiger partial charge in [0.05, 0.1) is 16.9 Å². The zero-order valence-electron chi connectivity index (χ0n) is 18.6. The number of hydrogen-bond acceptors (Lipinski definition) is 7. The summed E-state index contributed by atoms with van der Waals surface area (Å²) in [6, 6.07) is 5.08. The van der Waals surface area contributed by atoms with E-state index in [0.29, 0.717) is 31.1 Å². The van der Waals surface area contributed by atoms with Crippen LogP contribution in [0.5, 0.6) is 0 Å². The van der Waals surface area contributed by atoms with Gasteiger partial charge in [0, 0.05) is 45.8 Å². The number of hydrogen-bond donors (Lipinski definition) is 2. The maximum Gasteiger partial charge on any atom is 0.423 e. The van der Waals surface area contributed by atoms with E-state index in [1.165, 1.54) is 23.3 Å². The molecule has 34 heavy (non-hydrogen) atoms. The number of rotatable bonds is 6. The molecule has 0 bridgehead atoms. The Labute approximate surface area is 198 Å². The van der Waals surface area contributed by atoms with Gasteiger partial charge in [-0.2, -0.15) is 23.5 Å². The van der Waals surface area contributed by atoms with Crippen molar-refractivity contribution >= 4 is 28.1 Å². The zero-order chi connectivity index (χ0) is 24.9. The molecule has 0 spiro atoms. The first-order valence-electron chi connectivity index (χ1n) is 10.4. The van der Waals surface area contributed by atoms with E-state index in [1.54, 1.807) is 30.0 Å². The van der Waals surface area contributed by atoms with Crippen LogP contribution in [-0.4, -0.2) is 66.9 Å². The number of H-pyrrole nitrogens is 1. The molecule has 2 amide bonds. The average Bonchev–Trinajstić information content (AvgIpc) is 3.29. The normalized spacial score (nSPS) is 15.3. The highest BCUT2D eigenvalue weighted by Crippen LogP contribution is 2.33. The lowest BCUT2D eigenvalue weighted by atomic mass is 10.2. The lowest BCUT2D eigenvalue weighted by molar-refractivity contribution is -0.138. The van der Waals surface area contributed by atoms with E-state index >= 15 is 0 Å². The van der Waals surface area contributed by atoms with Crippen LogP contribution < -0.4 is 20.7 Å². The second kappa shape index (κ2) is 10.6. The van der Waals surface area contributed by atoms with E-state index in [-0.39, 0.29) is 18.3 Å². The van der Waals surface area contributed by atoms with Gasteiger partial charge >= 0.3 is 12.2 Å². The van der Waals surface area contributed by atoms with Gasteiger partial charge in [-0.25, -0.2) is 9.89 Å². The first kappa shape index (κ1) is 25.1. The Bertz CT molecular complexity index is 1130. The molecule has 2 N–H and O–H groups in total. The predicted molar refractivity (Wildman–Crippen MR) is 123 cm³/mol.